The number of aliphatic hydroxyl groups is 3. The molecule has 3 N–H and O–H groups in total. The molecule has 11 atom stereocenters. The molecule has 4 heteroatoms. The average molecular weight is 435 g/mol. The van der Waals surface area contributed by atoms with Crippen LogP contribution in [0.1, 0.15) is 92.4 Å². The van der Waals surface area contributed by atoms with E-state index in [0.717, 1.165) is 44.9 Å². The second-order valence-electron chi connectivity index (χ2n) is 12.7. The molecule has 0 aromatic rings. The molecule has 4 nitrogen and oxygen atoms in total. The molecule has 4 rings (SSSR count). The summed E-state index contributed by atoms with van der Waals surface area (Å²) in [6.07, 6.45) is 6.83. The standard InChI is InChI=1S/C27H46O4/c1-15(2)22(29)9-6-16(3)19-7-8-20-25-21(14-24(31)27(19,20)5)26(4)11-10-18(28)12-17(26)13-23(25)30/h15-17,19-25,29-31H,6-14H2,1-5H3/t16-,17+,19-,20+,21+,22+,23-,24+,25+,26+,27-/m1/s1. The number of carbonyl (C=O) groups excluding carboxylic acids is 1. The van der Waals surface area contributed by atoms with Gasteiger partial charge in [0.25, 0.3) is 0 Å². The highest BCUT2D eigenvalue weighted by Crippen LogP contribution is 2.68. The molecule has 0 unspecified atom stereocenters. The molecule has 0 spiro atoms. The number of Topliss-reactive ketones (excluding diaryl/α,β-unsaturated/α-hetero) is 1. The fraction of sp³-hybridized carbons (Fsp3) is 0.963. The van der Waals surface area contributed by atoms with Gasteiger partial charge in [0.15, 0.2) is 0 Å². The van der Waals surface area contributed by atoms with Crippen LogP contribution < -0.4 is 0 Å². The largest absolute Gasteiger partial charge is 0.393 e. The molecule has 4 aliphatic rings. The molecule has 0 bridgehead atoms. The Morgan fingerprint density at radius 2 is 1.74 bits per heavy atom. The number of fused-ring (bicyclic) bond motifs is 5. The molecule has 4 fully saturated rings. The van der Waals surface area contributed by atoms with Gasteiger partial charge in [-0.25, -0.2) is 0 Å². The van der Waals surface area contributed by atoms with E-state index in [-0.39, 0.29) is 46.9 Å². The molecule has 0 aliphatic heterocycles. The van der Waals surface area contributed by atoms with Crippen molar-refractivity contribution >= 4 is 5.78 Å². The van der Waals surface area contributed by atoms with Crippen molar-refractivity contribution in [1.29, 1.82) is 0 Å². The zero-order chi connectivity index (χ0) is 22.7. The average Bonchev–Trinajstić information content (AvgIpc) is 3.06. The number of hydrogen-bond donors (Lipinski definition) is 3. The highest BCUT2D eigenvalue weighted by Gasteiger charge is 2.65. The molecule has 4 saturated carbocycles. The van der Waals surface area contributed by atoms with Crippen LogP contribution in [0.2, 0.25) is 0 Å². The van der Waals surface area contributed by atoms with Crippen LogP contribution in [0.15, 0.2) is 0 Å². The lowest BCUT2D eigenvalue weighted by Crippen LogP contribution is -2.62. The first-order chi connectivity index (χ1) is 14.5. The summed E-state index contributed by atoms with van der Waals surface area (Å²) < 4.78 is 0. The molecular weight excluding hydrogens is 388 g/mol. The van der Waals surface area contributed by atoms with Crippen LogP contribution in [0.25, 0.3) is 0 Å². The van der Waals surface area contributed by atoms with Gasteiger partial charge in [0.2, 0.25) is 0 Å². The topological polar surface area (TPSA) is 77.8 Å². The van der Waals surface area contributed by atoms with Gasteiger partial charge >= 0.3 is 0 Å². The summed E-state index contributed by atoms with van der Waals surface area (Å²) in [5.74, 6) is 2.75. The van der Waals surface area contributed by atoms with Crippen molar-refractivity contribution in [3.8, 4) is 0 Å². The summed E-state index contributed by atoms with van der Waals surface area (Å²) in [4.78, 5) is 12.1. The Morgan fingerprint density at radius 1 is 1.03 bits per heavy atom. The number of ketones is 1. The predicted octanol–water partition coefficient (Wildman–Crippen LogP) is 4.59. The van der Waals surface area contributed by atoms with Gasteiger partial charge in [0, 0.05) is 12.8 Å². The molecule has 0 radical (unpaired) electrons. The van der Waals surface area contributed by atoms with E-state index in [0.29, 0.717) is 42.3 Å². The first-order valence-corrected chi connectivity index (χ1v) is 13.1. The number of carbonyl (C=O) groups is 1. The Balaban J connectivity index is 1.56. The van der Waals surface area contributed by atoms with Crippen LogP contribution in [0, 0.1) is 52.3 Å². The SMILES string of the molecule is CC(C)[C@@H](O)CC[C@@H](C)[C@H]1CC[C@H]2[C@@H]3[C@H](O)C[C@@H]4CC(=O)CC[C@]4(C)[C@H]3C[C@H](O)[C@]12C. The summed E-state index contributed by atoms with van der Waals surface area (Å²) in [6.45, 7) is 11.1. The van der Waals surface area contributed by atoms with Gasteiger partial charge in [-0.1, -0.05) is 34.6 Å². The Bertz CT molecular complexity index is 676. The summed E-state index contributed by atoms with van der Waals surface area (Å²) in [5.41, 5.74) is -0.0801. The number of rotatable bonds is 5. The van der Waals surface area contributed by atoms with Crippen molar-refractivity contribution in [2.75, 3.05) is 0 Å². The molecular formula is C27H46O4. The summed E-state index contributed by atoms with van der Waals surface area (Å²) >= 11 is 0. The third-order valence-electron chi connectivity index (χ3n) is 11.1. The Labute approximate surface area is 189 Å². The van der Waals surface area contributed by atoms with Crippen LogP contribution in [-0.4, -0.2) is 39.4 Å². The Hall–Kier alpha value is -0.450. The van der Waals surface area contributed by atoms with E-state index < -0.39 is 0 Å². The second kappa shape index (κ2) is 8.40. The first kappa shape index (κ1) is 23.7. The van der Waals surface area contributed by atoms with E-state index in [1.807, 2.05) is 0 Å². The maximum absolute atomic E-state index is 12.1. The second-order valence-corrected chi connectivity index (χ2v) is 12.7. The molecule has 31 heavy (non-hydrogen) atoms. The molecule has 0 aromatic heterocycles. The summed E-state index contributed by atoms with van der Waals surface area (Å²) in [6, 6.07) is 0. The third-order valence-corrected chi connectivity index (χ3v) is 11.1. The molecule has 0 heterocycles. The van der Waals surface area contributed by atoms with Crippen molar-refractivity contribution in [3.63, 3.8) is 0 Å². The lowest BCUT2D eigenvalue weighted by Gasteiger charge is -2.63. The van der Waals surface area contributed by atoms with Crippen LogP contribution in [-0.2, 0) is 4.79 Å². The minimum absolute atomic E-state index is 0.0746. The predicted molar refractivity (Wildman–Crippen MR) is 122 cm³/mol. The van der Waals surface area contributed by atoms with Crippen molar-refractivity contribution in [2.24, 2.45) is 52.3 Å². The number of aliphatic hydroxyl groups excluding tert-OH is 3. The molecule has 0 aromatic carbocycles. The van der Waals surface area contributed by atoms with Gasteiger partial charge in [-0.15, -0.1) is 0 Å². The van der Waals surface area contributed by atoms with E-state index in [1.54, 1.807) is 0 Å². The first-order valence-electron chi connectivity index (χ1n) is 13.1. The van der Waals surface area contributed by atoms with Crippen molar-refractivity contribution in [2.45, 2.75) is 111 Å². The number of hydrogen-bond acceptors (Lipinski definition) is 4. The van der Waals surface area contributed by atoms with Gasteiger partial charge in [0.1, 0.15) is 5.78 Å². The van der Waals surface area contributed by atoms with E-state index in [4.69, 9.17) is 0 Å². The monoisotopic (exact) mass is 434 g/mol. The van der Waals surface area contributed by atoms with Crippen LogP contribution in [0.4, 0.5) is 0 Å². The normalized spacial score (nSPS) is 49.3. The Morgan fingerprint density at radius 3 is 2.42 bits per heavy atom. The van der Waals surface area contributed by atoms with Gasteiger partial charge in [-0.2, -0.15) is 0 Å². The Kier molecular flexibility index (Phi) is 6.42. The minimum atomic E-state index is -0.345. The van der Waals surface area contributed by atoms with Crippen LogP contribution >= 0.6 is 0 Å². The highest BCUT2D eigenvalue weighted by atomic mass is 16.3. The van der Waals surface area contributed by atoms with Crippen LogP contribution in [0.3, 0.4) is 0 Å². The van der Waals surface area contributed by atoms with Gasteiger partial charge < -0.3 is 15.3 Å². The highest BCUT2D eigenvalue weighted by molar-refractivity contribution is 5.79. The van der Waals surface area contributed by atoms with Gasteiger partial charge in [0.05, 0.1) is 18.3 Å². The fourth-order valence-corrected chi connectivity index (χ4v) is 8.91. The maximum atomic E-state index is 12.1. The minimum Gasteiger partial charge on any atom is -0.393 e. The molecule has 0 saturated heterocycles. The molecule has 178 valence electrons. The van der Waals surface area contributed by atoms with Crippen molar-refractivity contribution < 1.29 is 20.1 Å². The van der Waals surface area contributed by atoms with Crippen molar-refractivity contribution in [1.82, 2.24) is 0 Å². The zero-order valence-corrected chi connectivity index (χ0v) is 20.4. The van der Waals surface area contributed by atoms with Crippen LogP contribution in [0.5, 0.6) is 0 Å². The fourth-order valence-electron chi connectivity index (χ4n) is 8.91. The third kappa shape index (κ3) is 3.73. The van der Waals surface area contributed by atoms with Gasteiger partial charge in [-0.05, 0) is 97.2 Å². The zero-order valence-electron chi connectivity index (χ0n) is 20.4. The molecule has 0 amide bonds. The quantitative estimate of drug-likeness (QED) is 0.591. The summed E-state index contributed by atoms with van der Waals surface area (Å²) in [5, 5.41) is 33.2. The summed E-state index contributed by atoms with van der Waals surface area (Å²) in [7, 11) is 0. The van der Waals surface area contributed by atoms with E-state index in [1.165, 1.54) is 0 Å². The van der Waals surface area contributed by atoms with E-state index in [9.17, 15) is 20.1 Å². The van der Waals surface area contributed by atoms with E-state index in [2.05, 4.69) is 34.6 Å². The molecule has 4 aliphatic carbocycles. The van der Waals surface area contributed by atoms with E-state index >= 15 is 0 Å². The van der Waals surface area contributed by atoms with Gasteiger partial charge in [-0.3, -0.25) is 4.79 Å². The lowest BCUT2D eigenvalue weighted by atomic mass is 9.43. The lowest BCUT2D eigenvalue weighted by molar-refractivity contribution is -0.201. The smallest absolute Gasteiger partial charge is 0.133 e. The maximum Gasteiger partial charge on any atom is 0.133 e. The van der Waals surface area contributed by atoms with Crippen molar-refractivity contribution in [3.05, 3.63) is 0 Å².